The van der Waals surface area contributed by atoms with E-state index in [9.17, 15) is 5.11 Å². The number of rotatable bonds is 7. The molecule has 0 radical (unpaired) electrons. The summed E-state index contributed by atoms with van der Waals surface area (Å²) in [6, 6.07) is 5.66. The first-order valence-corrected chi connectivity index (χ1v) is 6.69. The summed E-state index contributed by atoms with van der Waals surface area (Å²) < 4.78 is 6.18. The fraction of sp³-hybridized carbons (Fsp3) is 0.538. The second-order valence-corrected chi connectivity index (χ2v) is 5.05. The number of aromatic hydroxyl groups is 1. The molecule has 2 N–H and O–H groups in total. The summed E-state index contributed by atoms with van der Waals surface area (Å²) in [5.74, 6) is 0.318. The summed E-state index contributed by atoms with van der Waals surface area (Å²) in [5, 5.41) is 13.0. The molecular weight excluding hydrogens is 282 g/mol. The molecule has 1 rings (SSSR count). The third-order valence-electron chi connectivity index (χ3n) is 2.33. The van der Waals surface area contributed by atoms with Crippen LogP contribution in [-0.4, -0.2) is 24.4 Å². The molecule has 0 amide bonds. The lowest BCUT2D eigenvalue weighted by molar-refractivity contribution is 0.0770. The predicted molar refractivity (Wildman–Crippen MR) is 73.2 cm³/mol. The van der Waals surface area contributed by atoms with E-state index in [1.54, 1.807) is 0 Å². The Bertz CT molecular complexity index is 342. The molecular formula is C13H20BrNO2. The summed E-state index contributed by atoms with van der Waals surface area (Å²) in [7, 11) is 0. The van der Waals surface area contributed by atoms with E-state index in [0.29, 0.717) is 18.4 Å². The molecule has 0 aliphatic carbocycles. The van der Waals surface area contributed by atoms with Crippen LogP contribution in [0.15, 0.2) is 22.7 Å². The molecule has 0 spiro atoms. The number of phenolic OH excluding ortho intramolecular Hbond substituents is 1. The maximum atomic E-state index is 9.76. The van der Waals surface area contributed by atoms with Crippen molar-refractivity contribution in [2.75, 3.05) is 13.2 Å². The molecule has 1 aromatic rings. The molecule has 4 heteroatoms. The number of hydrogen-bond acceptors (Lipinski definition) is 3. The number of benzene rings is 1. The fourth-order valence-corrected chi connectivity index (χ4v) is 1.85. The van der Waals surface area contributed by atoms with Gasteiger partial charge in [-0.3, -0.25) is 0 Å². The molecule has 0 aliphatic heterocycles. The molecule has 0 aliphatic rings. The summed E-state index contributed by atoms with van der Waals surface area (Å²) in [6.45, 7) is 6.40. The van der Waals surface area contributed by atoms with Crippen molar-refractivity contribution < 1.29 is 9.84 Å². The maximum Gasteiger partial charge on any atom is 0.134 e. The van der Waals surface area contributed by atoms with E-state index in [1.807, 2.05) is 32.0 Å². The van der Waals surface area contributed by atoms with Gasteiger partial charge in [-0.1, -0.05) is 12.1 Å². The zero-order valence-corrected chi connectivity index (χ0v) is 12.0. The molecule has 0 saturated carbocycles. The van der Waals surface area contributed by atoms with Gasteiger partial charge in [0, 0.05) is 18.7 Å². The number of ether oxygens (including phenoxy) is 1. The van der Waals surface area contributed by atoms with Crippen molar-refractivity contribution in [3.63, 3.8) is 0 Å². The van der Waals surface area contributed by atoms with Gasteiger partial charge in [-0.2, -0.15) is 0 Å². The Balaban J connectivity index is 2.20. The van der Waals surface area contributed by atoms with Crippen LogP contribution in [0.25, 0.3) is 0 Å². The lowest BCUT2D eigenvalue weighted by atomic mass is 10.2. The molecule has 17 heavy (non-hydrogen) atoms. The molecule has 0 fully saturated rings. The summed E-state index contributed by atoms with van der Waals surface area (Å²) in [5.41, 5.74) is 0.907. The van der Waals surface area contributed by atoms with E-state index in [0.717, 1.165) is 29.6 Å². The van der Waals surface area contributed by atoms with E-state index in [4.69, 9.17) is 4.74 Å². The Labute approximate surface area is 111 Å². The number of phenols is 1. The van der Waals surface area contributed by atoms with Crippen LogP contribution in [0, 0.1) is 0 Å². The van der Waals surface area contributed by atoms with Crippen molar-refractivity contribution in [2.45, 2.75) is 32.9 Å². The first-order chi connectivity index (χ1) is 8.11. The number of nitrogens with one attached hydrogen (secondary N) is 1. The first-order valence-electron chi connectivity index (χ1n) is 5.90. The van der Waals surface area contributed by atoms with Crippen LogP contribution in [0.5, 0.6) is 5.75 Å². The number of halogens is 1. The van der Waals surface area contributed by atoms with Crippen molar-refractivity contribution >= 4 is 15.9 Å². The zero-order chi connectivity index (χ0) is 12.7. The molecule has 0 saturated heterocycles. The highest BCUT2D eigenvalue weighted by Crippen LogP contribution is 2.27. The minimum Gasteiger partial charge on any atom is -0.506 e. The van der Waals surface area contributed by atoms with Crippen molar-refractivity contribution in [1.29, 1.82) is 0 Å². The molecule has 1 aromatic carbocycles. The number of para-hydroxylation sites is 1. The van der Waals surface area contributed by atoms with Crippen LogP contribution in [0.2, 0.25) is 0 Å². The van der Waals surface area contributed by atoms with E-state index < -0.39 is 0 Å². The maximum absolute atomic E-state index is 9.76. The largest absolute Gasteiger partial charge is 0.506 e. The minimum absolute atomic E-state index is 0.295. The van der Waals surface area contributed by atoms with Gasteiger partial charge in [-0.25, -0.2) is 0 Å². The topological polar surface area (TPSA) is 41.5 Å². The fourth-order valence-electron chi connectivity index (χ4n) is 1.44. The van der Waals surface area contributed by atoms with Gasteiger partial charge >= 0.3 is 0 Å². The van der Waals surface area contributed by atoms with Crippen molar-refractivity contribution in [2.24, 2.45) is 0 Å². The molecule has 0 atom stereocenters. The Kier molecular flexibility index (Phi) is 6.55. The van der Waals surface area contributed by atoms with Crippen LogP contribution in [0.1, 0.15) is 25.8 Å². The Morgan fingerprint density at radius 2 is 2.18 bits per heavy atom. The highest BCUT2D eigenvalue weighted by atomic mass is 79.9. The second-order valence-electron chi connectivity index (χ2n) is 4.20. The van der Waals surface area contributed by atoms with Gasteiger partial charge in [0.25, 0.3) is 0 Å². The van der Waals surface area contributed by atoms with Crippen LogP contribution in [0.4, 0.5) is 0 Å². The molecule has 3 nitrogen and oxygen atoms in total. The van der Waals surface area contributed by atoms with Crippen LogP contribution >= 0.6 is 15.9 Å². The van der Waals surface area contributed by atoms with Gasteiger partial charge in [0.1, 0.15) is 5.75 Å². The highest BCUT2D eigenvalue weighted by molar-refractivity contribution is 9.10. The first kappa shape index (κ1) is 14.5. The van der Waals surface area contributed by atoms with Gasteiger partial charge in [-0.15, -0.1) is 0 Å². The van der Waals surface area contributed by atoms with Crippen LogP contribution in [0.3, 0.4) is 0 Å². The lowest BCUT2D eigenvalue weighted by Gasteiger charge is -2.09. The highest BCUT2D eigenvalue weighted by Gasteiger charge is 2.03. The van der Waals surface area contributed by atoms with Gasteiger partial charge in [0.2, 0.25) is 0 Å². The normalized spacial score (nSPS) is 11.1. The van der Waals surface area contributed by atoms with E-state index in [1.165, 1.54) is 0 Å². The smallest absolute Gasteiger partial charge is 0.134 e. The molecule has 0 bridgehead atoms. The molecule has 0 unspecified atom stereocenters. The lowest BCUT2D eigenvalue weighted by Crippen LogP contribution is -2.17. The second kappa shape index (κ2) is 7.69. The Hall–Kier alpha value is -0.580. The van der Waals surface area contributed by atoms with Gasteiger partial charge < -0.3 is 15.2 Å². The minimum atomic E-state index is 0.295. The molecule has 0 heterocycles. The predicted octanol–water partition coefficient (Wildman–Crippen LogP) is 3.06. The van der Waals surface area contributed by atoms with E-state index in [-0.39, 0.29) is 0 Å². The zero-order valence-electron chi connectivity index (χ0n) is 10.4. The summed E-state index contributed by atoms with van der Waals surface area (Å²) in [6.07, 6.45) is 1.27. The monoisotopic (exact) mass is 301 g/mol. The Morgan fingerprint density at radius 1 is 1.41 bits per heavy atom. The quantitative estimate of drug-likeness (QED) is 0.761. The van der Waals surface area contributed by atoms with E-state index >= 15 is 0 Å². The van der Waals surface area contributed by atoms with Crippen LogP contribution < -0.4 is 5.32 Å². The van der Waals surface area contributed by atoms with Gasteiger partial charge in [0.05, 0.1) is 10.6 Å². The van der Waals surface area contributed by atoms with Crippen molar-refractivity contribution in [3.8, 4) is 5.75 Å². The van der Waals surface area contributed by atoms with E-state index in [2.05, 4.69) is 21.2 Å². The average Bonchev–Trinajstić information content (AvgIpc) is 2.28. The molecule has 96 valence electrons. The average molecular weight is 302 g/mol. The van der Waals surface area contributed by atoms with Crippen molar-refractivity contribution in [1.82, 2.24) is 5.32 Å². The number of hydrogen-bond donors (Lipinski definition) is 2. The van der Waals surface area contributed by atoms with Gasteiger partial charge in [-0.05, 0) is 48.8 Å². The summed E-state index contributed by atoms with van der Waals surface area (Å²) in [4.78, 5) is 0. The van der Waals surface area contributed by atoms with Crippen molar-refractivity contribution in [3.05, 3.63) is 28.2 Å². The third-order valence-corrected chi connectivity index (χ3v) is 2.97. The SMILES string of the molecule is CC(C)OCCCNCc1cccc(Br)c1O. The summed E-state index contributed by atoms with van der Waals surface area (Å²) >= 11 is 3.30. The third kappa shape index (κ3) is 5.52. The standard InChI is InChI=1S/C13H20BrNO2/c1-10(2)17-8-4-7-15-9-11-5-3-6-12(14)13(11)16/h3,5-6,10,15-16H,4,7-9H2,1-2H3. The Morgan fingerprint density at radius 3 is 2.88 bits per heavy atom. The van der Waals surface area contributed by atoms with Crippen LogP contribution in [-0.2, 0) is 11.3 Å². The van der Waals surface area contributed by atoms with Gasteiger partial charge in [0.15, 0.2) is 0 Å². The molecule has 0 aromatic heterocycles.